The molecule has 146 valence electrons. The van der Waals surface area contributed by atoms with Crippen LogP contribution in [0, 0.1) is 0 Å². The third-order valence-electron chi connectivity index (χ3n) is 4.93. The summed E-state index contributed by atoms with van der Waals surface area (Å²) in [4.78, 5) is 11.7. The van der Waals surface area contributed by atoms with Crippen LogP contribution >= 0.6 is 0 Å². The lowest BCUT2D eigenvalue weighted by Gasteiger charge is -2.13. The summed E-state index contributed by atoms with van der Waals surface area (Å²) in [5.74, 6) is -0.620. The number of anilines is 1. The van der Waals surface area contributed by atoms with Crippen LogP contribution in [0.5, 0.6) is 0 Å². The molecule has 6 heteroatoms. The maximum absolute atomic E-state index is 13.1. The number of nitrogens with one attached hydrogen (secondary N) is 1. The van der Waals surface area contributed by atoms with Gasteiger partial charge in [-0.3, -0.25) is 4.79 Å². The van der Waals surface area contributed by atoms with E-state index in [-0.39, 0.29) is 28.7 Å². The number of hydrogen-bond acceptors (Lipinski definition) is 4. The second-order valence-corrected chi connectivity index (χ2v) is 8.98. The van der Waals surface area contributed by atoms with Gasteiger partial charge in [-0.25, -0.2) is 8.42 Å². The van der Waals surface area contributed by atoms with E-state index in [2.05, 4.69) is 11.9 Å². The van der Waals surface area contributed by atoms with E-state index in [1.54, 1.807) is 18.2 Å². The maximum atomic E-state index is 13.1. The molecule has 1 aliphatic heterocycles. The molecule has 0 spiro atoms. The third-order valence-corrected chi connectivity index (χ3v) is 6.59. The summed E-state index contributed by atoms with van der Waals surface area (Å²) in [7, 11) is -3.70. The molecule has 5 nitrogen and oxygen atoms in total. The molecule has 0 bridgehead atoms. The van der Waals surface area contributed by atoms with Gasteiger partial charge in [-0.05, 0) is 46.5 Å². The van der Waals surface area contributed by atoms with Crippen LogP contribution in [-0.2, 0) is 26.8 Å². The normalized spacial score (nSPS) is 13.0. The summed E-state index contributed by atoms with van der Waals surface area (Å²) < 4.78 is 26.2. The van der Waals surface area contributed by atoms with Crippen molar-refractivity contribution in [2.45, 2.75) is 17.1 Å². The average Bonchev–Trinajstić information content (AvgIpc) is 3.07. The topological polar surface area (TPSA) is 83.5 Å². The Bertz CT molecular complexity index is 1230. The van der Waals surface area contributed by atoms with E-state index in [0.717, 1.165) is 11.1 Å². The predicted octanol–water partition coefficient (Wildman–Crippen LogP) is 4.35. The van der Waals surface area contributed by atoms with E-state index >= 15 is 0 Å². The molecule has 0 unspecified atom stereocenters. The molecule has 0 aliphatic carbocycles. The first-order chi connectivity index (χ1) is 13.8. The molecule has 0 atom stereocenters. The molecule has 0 saturated carbocycles. The minimum absolute atomic E-state index is 0.146. The third kappa shape index (κ3) is 3.79. The Morgan fingerprint density at radius 3 is 2.48 bits per heavy atom. The zero-order valence-electron chi connectivity index (χ0n) is 15.6. The highest BCUT2D eigenvalue weighted by Gasteiger charge is 2.23. The van der Waals surface area contributed by atoms with E-state index in [1.165, 1.54) is 12.1 Å². The van der Waals surface area contributed by atoms with E-state index in [4.69, 9.17) is 0 Å². The molecule has 2 N–H and O–H groups in total. The van der Waals surface area contributed by atoms with Gasteiger partial charge >= 0.3 is 0 Å². The maximum Gasteiger partial charge on any atom is 0.228 e. The van der Waals surface area contributed by atoms with Gasteiger partial charge in [0, 0.05) is 11.3 Å². The number of aliphatic hydroxyl groups excluding tert-OH is 1. The summed E-state index contributed by atoms with van der Waals surface area (Å²) in [5.41, 5.74) is 3.97. The molecule has 4 rings (SSSR count). The van der Waals surface area contributed by atoms with E-state index < -0.39 is 9.84 Å². The number of fused-ring (bicyclic) bond motifs is 1. The summed E-state index contributed by atoms with van der Waals surface area (Å²) in [5, 5.41) is 12.7. The molecule has 0 radical (unpaired) electrons. The fourth-order valence-electron chi connectivity index (χ4n) is 3.49. The molecular formula is C23H19NO4S. The first-order valence-corrected chi connectivity index (χ1v) is 10.7. The van der Waals surface area contributed by atoms with Gasteiger partial charge in [0.1, 0.15) is 5.76 Å². The smallest absolute Gasteiger partial charge is 0.228 e. The van der Waals surface area contributed by atoms with E-state index in [1.807, 2.05) is 36.4 Å². The van der Waals surface area contributed by atoms with Crippen molar-refractivity contribution in [1.29, 1.82) is 0 Å². The van der Waals surface area contributed by atoms with E-state index in [9.17, 15) is 18.3 Å². The highest BCUT2D eigenvalue weighted by Crippen LogP contribution is 2.30. The van der Waals surface area contributed by atoms with Crippen molar-refractivity contribution >= 4 is 27.2 Å². The van der Waals surface area contributed by atoms with Crippen molar-refractivity contribution in [2.24, 2.45) is 0 Å². The average molecular weight is 405 g/mol. The Morgan fingerprint density at radius 2 is 1.76 bits per heavy atom. The van der Waals surface area contributed by atoms with Crippen LogP contribution in [0.1, 0.15) is 16.7 Å². The SMILES string of the molecule is C=C(O)c1ccc(-c2ccccc2)cc1CS(=O)(=O)c1ccc2c(c1)CC(=O)N2. The number of hydrogen-bond donors (Lipinski definition) is 2. The minimum Gasteiger partial charge on any atom is -0.508 e. The van der Waals surface area contributed by atoms with Crippen molar-refractivity contribution in [3.63, 3.8) is 0 Å². The Labute approximate surface area is 169 Å². The molecule has 1 amide bonds. The first-order valence-electron chi connectivity index (χ1n) is 9.05. The number of carbonyl (C=O) groups excluding carboxylic acids is 1. The molecule has 3 aromatic rings. The standard InChI is InChI=1S/C23H19NO4S/c1-15(25)21-9-7-17(16-5-3-2-4-6-16)11-19(21)14-29(27,28)20-8-10-22-18(12-20)13-23(26)24-22/h2-12,25H,1,13-14H2,(H,24,26). The Balaban J connectivity index is 1.73. The van der Waals surface area contributed by atoms with Crippen molar-refractivity contribution in [3.8, 4) is 11.1 Å². The van der Waals surface area contributed by atoms with Crippen molar-refractivity contribution in [3.05, 3.63) is 90.0 Å². The van der Waals surface area contributed by atoms with Crippen LogP contribution in [0.3, 0.4) is 0 Å². The number of carbonyl (C=O) groups is 1. The number of amides is 1. The Kier molecular flexibility index (Phi) is 4.72. The highest BCUT2D eigenvalue weighted by molar-refractivity contribution is 7.90. The summed E-state index contributed by atoms with van der Waals surface area (Å²) in [6, 6.07) is 19.5. The molecule has 0 aromatic heterocycles. The minimum atomic E-state index is -3.70. The van der Waals surface area contributed by atoms with Crippen LogP contribution in [-0.4, -0.2) is 19.4 Å². The molecule has 0 fully saturated rings. The predicted molar refractivity (Wildman–Crippen MR) is 113 cm³/mol. The van der Waals surface area contributed by atoms with Gasteiger partial charge in [-0.1, -0.05) is 49.0 Å². The molecule has 0 saturated heterocycles. The number of sulfone groups is 1. The summed E-state index contributed by atoms with van der Waals surface area (Å²) >= 11 is 0. The molecular weight excluding hydrogens is 386 g/mol. The Morgan fingerprint density at radius 1 is 1.00 bits per heavy atom. The lowest BCUT2D eigenvalue weighted by Crippen LogP contribution is -2.07. The largest absolute Gasteiger partial charge is 0.508 e. The Hall–Kier alpha value is -3.38. The van der Waals surface area contributed by atoms with Crippen LogP contribution in [0.4, 0.5) is 5.69 Å². The van der Waals surface area contributed by atoms with Crippen molar-refractivity contribution in [2.75, 3.05) is 5.32 Å². The quantitative estimate of drug-likeness (QED) is 0.618. The van der Waals surface area contributed by atoms with Crippen LogP contribution in [0.25, 0.3) is 16.9 Å². The van der Waals surface area contributed by atoms with Gasteiger partial charge in [0.15, 0.2) is 9.84 Å². The van der Waals surface area contributed by atoms with Crippen LogP contribution < -0.4 is 5.32 Å². The van der Waals surface area contributed by atoms with Crippen molar-refractivity contribution < 1.29 is 18.3 Å². The molecule has 1 heterocycles. The van der Waals surface area contributed by atoms with Gasteiger partial charge in [-0.2, -0.15) is 0 Å². The van der Waals surface area contributed by atoms with E-state index in [0.29, 0.717) is 22.4 Å². The first kappa shape index (κ1) is 19.0. The zero-order chi connectivity index (χ0) is 20.6. The number of benzene rings is 3. The highest BCUT2D eigenvalue weighted by atomic mass is 32.2. The fraction of sp³-hybridized carbons (Fsp3) is 0.0870. The van der Waals surface area contributed by atoms with Gasteiger partial charge < -0.3 is 10.4 Å². The van der Waals surface area contributed by atoms with Gasteiger partial charge in [0.25, 0.3) is 0 Å². The number of aliphatic hydroxyl groups is 1. The fourth-order valence-corrected chi connectivity index (χ4v) is 4.90. The summed E-state index contributed by atoms with van der Waals surface area (Å²) in [6.07, 6.45) is 0.168. The second kappa shape index (κ2) is 7.22. The van der Waals surface area contributed by atoms with Crippen molar-refractivity contribution in [1.82, 2.24) is 0 Å². The van der Waals surface area contributed by atoms with Gasteiger partial charge in [0.2, 0.25) is 5.91 Å². The second-order valence-electron chi connectivity index (χ2n) is 6.99. The number of rotatable bonds is 5. The molecule has 1 aliphatic rings. The lowest BCUT2D eigenvalue weighted by molar-refractivity contribution is -0.115. The van der Waals surface area contributed by atoms with Crippen LogP contribution in [0.15, 0.2) is 78.2 Å². The zero-order valence-corrected chi connectivity index (χ0v) is 16.4. The lowest BCUT2D eigenvalue weighted by atomic mass is 9.99. The van der Waals surface area contributed by atoms with Gasteiger partial charge in [0.05, 0.1) is 17.1 Å². The molecule has 3 aromatic carbocycles. The monoisotopic (exact) mass is 405 g/mol. The van der Waals surface area contributed by atoms with Gasteiger partial charge in [-0.15, -0.1) is 0 Å². The summed E-state index contributed by atoms with van der Waals surface area (Å²) in [6.45, 7) is 3.56. The van der Waals surface area contributed by atoms with Crippen LogP contribution in [0.2, 0.25) is 0 Å². The molecule has 29 heavy (non-hydrogen) atoms.